The van der Waals surface area contributed by atoms with Gasteiger partial charge in [-0.25, -0.2) is 0 Å². The molecule has 33 heavy (non-hydrogen) atoms. The molecule has 4 unspecified atom stereocenters. The molecule has 3 rings (SSSR count). The van der Waals surface area contributed by atoms with Crippen LogP contribution in [0.25, 0.3) is 10.4 Å². The summed E-state index contributed by atoms with van der Waals surface area (Å²) in [6, 6.07) is 10.4. The highest BCUT2D eigenvalue weighted by atomic mass is 19.4. The van der Waals surface area contributed by atoms with E-state index in [4.69, 9.17) is 15.0 Å². The standard InChI is InChI=1S/C22H21F6N3O2/c1-13(16-9-17(21(23,24)25)11-18(10-16)22(26,27)28)33-20-19(14-5-3-2-4-6-14)15(7-8-32-20)12-30-31-29/h2-6,9-11,13,15,19-20H,7-8,12H2,1H3. The first-order chi connectivity index (χ1) is 15.5. The Morgan fingerprint density at radius 2 is 1.67 bits per heavy atom. The number of ether oxygens (including phenoxy) is 2. The van der Waals surface area contributed by atoms with E-state index >= 15 is 0 Å². The number of benzene rings is 2. The van der Waals surface area contributed by atoms with Gasteiger partial charge in [-0.3, -0.25) is 0 Å². The lowest BCUT2D eigenvalue weighted by molar-refractivity contribution is -0.208. The topological polar surface area (TPSA) is 67.2 Å². The van der Waals surface area contributed by atoms with Crippen LogP contribution in [-0.2, 0) is 21.8 Å². The number of nitrogens with zero attached hydrogens (tertiary/aromatic N) is 3. The summed E-state index contributed by atoms with van der Waals surface area (Å²) in [6.07, 6.45) is -11.5. The number of rotatable bonds is 6. The fraction of sp³-hybridized carbons (Fsp3) is 0.455. The third-order valence-electron chi connectivity index (χ3n) is 5.55. The van der Waals surface area contributed by atoms with Crippen LogP contribution in [0.2, 0.25) is 0 Å². The smallest absolute Gasteiger partial charge is 0.352 e. The van der Waals surface area contributed by atoms with Gasteiger partial charge in [0.25, 0.3) is 0 Å². The molecular weight excluding hydrogens is 452 g/mol. The van der Waals surface area contributed by atoms with Crippen molar-refractivity contribution in [3.05, 3.63) is 81.2 Å². The van der Waals surface area contributed by atoms with Crippen molar-refractivity contribution in [3.8, 4) is 0 Å². The molecule has 0 radical (unpaired) electrons. The average molecular weight is 473 g/mol. The van der Waals surface area contributed by atoms with Crippen molar-refractivity contribution < 1.29 is 35.8 Å². The summed E-state index contributed by atoms with van der Waals surface area (Å²) >= 11 is 0. The quantitative estimate of drug-likeness (QED) is 0.192. The first-order valence-corrected chi connectivity index (χ1v) is 10.1. The molecule has 1 heterocycles. The van der Waals surface area contributed by atoms with Crippen LogP contribution >= 0.6 is 0 Å². The number of alkyl halides is 6. The van der Waals surface area contributed by atoms with Gasteiger partial charge in [0.05, 0.1) is 23.8 Å². The van der Waals surface area contributed by atoms with Crippen molar-refractivity contribution in [1.29, 1.82) is 0 Å². The number of hydrogen-bond donors (Lipinski definition) is 0. The maximum absolute atomic E-state index is 13.2. The summed E-state index contributed by atoms with van der Waals surface area (Å²) in [7, 11) is 0. The fourth-order valence-corrected chi connectivity index (χ4v) is 3.91. The van der Waals surface area contributed by atoms with Crippen molar-refractivity contribution >= 4 is 0 Å². The number of halogens is 6. The van der Waals surface area contributed by atoms with E-state index in [1.54, 1.807) is 18.2 Å². The molecule has 0 aliphatic carbocycles. The second kappa shape index (κ2) is 10.0. The van der Waals surface area contributed by atoms with E-state index < -0.39 is 41.8 Å². The second-order valence-electron chi connectivity index (χ2n) is 7.76. The van der Waals surface area contributed by atoms with Crippen LogP contribution in [0.1, 0.15) is 47.6 Å². The molecule has 0 saturated carbocycles. The van der Waals surface area contributed by atoms with E-state index in [9.17, 15) is 26.3 Å². The van der Waals surface area contributed by atoms with Crippen molar-refractivity contribution in [2.75, 3.05) is 13.2 Å². The lowest BCUT2D eigenvalue weighted by atomic mass is 9.82. The molecule has 178 valence electrons. The lowest BCUT2D eigenvalue weighted by Gasteiger charge is -2.39. The summed E-state index contributed by atoms with van der Waals surface area (Å²) in [5, 5.41) is 3.64. The van der Waals surface area contributed by atoms with Gasteiger partial charge < -0.3 is 9.47 Å². The van der Waals surface area contributed by atoms with Crippen LogP contribution in [0.15, 0.2) is 53.6 Å². The Morgan fingerprint density at radius 3 is 2.21 bits per heavy atom. The third kappa shape index (κ3) is 6.19. The van der Waals surface area contributed by atoms with Gasteiger partial charge >= 0.3 is 12.4 Å². The molecule has 5 nitrogen and oxygen atoms in total. The molecule has 0 aromatic heterocycles. The summed E-state index contributed by atoms with van der Waals surface area (Å²) in [4.78, 5) is 2.79. The second-order valence-corrected chi connectivity index (χ2v) is 7.76. The van der Waals surface area contributed by atoms with E-state index in [1.165, 1.54) is 6.92 Å². The molecule has 1 saturated heterocycles. The van der Waals surface area contributed by atoms with Crippen molar-refractivity contribution in [1.82, 2.24) is 0 Å². The molecule has 1 fully saturated rings. The molecule has 0 N–H and O–H groups in total. The van der Waals surface area contributed by atoms with Crippen LogP contribution in [0.3, 0.4) is 0 Å². The minimum atomic E-state index is -4.95. The fourth-order valence-electron chi connectivity index (χ4n) is 3.91. The normalized spacial score (nSPS) is 22.5. The minimum Gasteiger partial charge on any atom is -0.352 e. The summed E-state index contributed by atoms with van der Waals surface area (Å²) in [5.41, 5.74) is 6.42. The maximum atomic E-state index is 13.2. The van der Waals surface area contributed by atoms with Gasteiger partial charge in [-0.15, -0.1) is 0 Å². The minimum absolute atomic E-state index is 0.0794. The molecular formula is C22H21F6N3O2. The SMILES string of the molecule is CC(OC1OCCC(CN=[N+]=[N-])C1c1ccccc1)c1cc(C(F)(F)F)cc(C(F)(F)F)c1. The molecule has 4 atom stereocenters. The average Bonchev–Trinajstić information content (AvgIpc) is 2.76. The maximum Gasteiger partial charge on any atom is 0.416 e. The van der Waals surface area contributed by atoms with Crippen molar-refractivity contribution in [2.45, 2.75) is 44.0 Å². The summed E-state index contributed by atoms with van der Waals surface area (Å²) in [6.45, 7) is 1.76. The zero-order chi connectivity index (χ0) is 24.2. The van der Waals surface area contributed by atoms with E-state index in [2.05, 4.69) is 10.0 Å². The predicted octanol–water partition coefficient (Wildman–Crippen LogP) is 7.26. The van der Waals surface area contributed by atoms with Crippen LogP contribution in [0, 0.1) is 5.92 Å². The third-order valence-corrected chi connectivity index (χ3v) is 5.55. The van der Waals surface area contributed by atoms with E-state index in [0.717, 1.165) is 5.56 Å². The number of azide groups is 1. The van der Waals surface area contributed by atoms with Gasteiger partial charge in [-0.05, 0) is 54.1 Å². The van der Waals surface area contributed by atoms with Crippen LogP contribution in [0.5, 0.6) is 0 Å². The van der Waals surface area contributed by atoms with E-state index in [1.807, 2.05) is 12.1 Å². The highest BCUT2D eigenvalue weighted by Crippen LogP contribution is 2.41. The zero-order valence-electron chi connectivity index (χ0n) is 17.5. The summed E-state index contributed by atoms with van der Waals surface area (Å²) < 4.78 is 91.1. The molecule has 0 bridgehead atoms. The van der Waals surface area contributed by atoms with Gasteiger partial charge in [0.1, 0.15) is 0 Å². The first-order valence-electron chi connectivity index (χ1n) is 10.1. The first kappa shape index (κ1) is 24.9. The highest BCUT2D eigenvalue weighted by Gasteiger charge is 2.39. The molecule has 1 aliphatic heterocycles. The molecule has 1 aliphatic rings. The van der Waals surface area contributed by atoms with Crippen LogP contribution in [0.4, 0.5) is 26.3 Å². The molecule has 11 heteroatoms. The molecule has 0 amide bonds. The van der Waals surface area contributed by atoms with Gasteiger partial charge in [-0.1, -0.05) is 35.4 Å². The summed E-state index contributed by atoms with van der Waals surface area (Å²) in [5.74, 6) is -0.609. The van der Waals surface area contributed by atoms with Crippen LogP contribution < -0.4 is 0 Å². The highest BCUT2D eigenvalue weighted by molar-refractivity contribution is 5.34. The number of hydrogen-bond acceptors (Lipinski definition) is 3. The van der Waals surface area contributed by atoms with Crippen molar-refractivity contribution in [3.63, 3.8) is 0 Å². The Labute approximate surface area is 185 Å². The Morgan fingerprint density at radius 1 is 1.06 bits per heavy atom. The van der Waals surface area contributed by atoms with E-state index in [0.29, 0.717) is 18.6 Å². The Kier molecular flexibility index (Phi) is 7.56. The zero-order valence-corrected chi connectivity index (χ0v) is 17.5. The van der Waals surface area contributed by atoms with Gasteiger partial charge in [0.2, 0.25) is 0 Å². The van der Waals surface area contributed by atoms with E-state index in [-0.39, 0.29) is 30.7 Å². The predicted molar refractivity (Wildman–Crippen MR) is 107 cm³/mol. The largest absolute Gasteiger partial charge is 0.416 e. The van der Waals surface area contributed by atoms with Crippen molar-refractivity contribution in [2.24, 2.45) is 11.0 Å². The van der Waals surface area contributed by atoms with Gasteiger partial charge in [-0.2, -0.15) is 26.3 Å². The van der Waals surface area contributed by atoms with Crippen LogP contribution in [-0.4, -0.2) is 19.4 Å². The monoisotopic (exact) mass is 473 g/mol. The molecule has 2 aromatic rings. The Balaban J connectivity index is 1.94. The molecule has 2 aromatic carbocycles. The Hall–Kier alpha value is -2.75. The van der Waals surface area contributed by atoms with Gasteiger partial charge in [0.15, 0.2) is 6.29 Å². The molecule has 0 spiro atoms. The Bertz CT molecular complexity index is 958. The lowest BCUT2D eigenvalue weighted by Crippen LogP contribution is -2.38. The van der Waals surface area contributed by atoms with Gasteiger partial charge in [0, 0.05) is 17.4 Å².